The molecule has 1 aromatic rings. The van der Waals surface area contributed by atoms with Crippen LogP contribution < -0.4 is 10.2 Å². The molecule has 1 aliphatic carbocycles. The smallest absolute Gasteiger partial charge is 0.223 e. The summed E-state index contributed by atoms with van der Waals surface area (Å²) in [6.45, 7) is 6.03. The molecule has 1 aromatic carbocycles. The number of hydrogen-bond acceptors (Lipinski definition) is 3. The van der Waals surface area contributed by atoms with E-state index in [-0.39, 0.29) is 17.7 Å². The maximum atomic E-state index is 12.3. The first kappa shape index (κ1) is 16.8. The lowest BCUT2D eigenvalue weighted by Crippen LogP contribution is -2.48. The fourth-order valence-corrected chi connectivity index (χ4v) is 3.28. The Labute approximate surface area is 144 Å². The fourth-order valence-electron chi connectivity index (χ4n) is 3.28. The van der Waals surface area contributed by atoms with E-state index >= 15 is 0 Å². The molecule has 1 saturated carbocycles. The van der Waals surface area contributed by atoms with Crippen molar-refractivity contribution < 1.29 is 9.59 Å². The Bertz CT molecular complexity index is 567. The third kappa shape index (κ3) is 4.28. The van der Waals surface area contributed by atoms with E-state index in [9.17, 15) is 9.59 Å². The summed E-state index contributed by atoms with van der Waals surface area (Å²) in [5, 5.41) is 2.94. The van der Waals surface area contributed by atoms with Gasteiger partial charge < -0.3 is 15.1 Å². The number of para-hydroxylation sites is 1. The van der Waals surface area contributed by atoms with Crippen LogP contribution in [-0.4, -0.2) is 49.4 Å². The third-order valence-corrected chi connectivity index (χ3v) is 5.07. The van der Waals surface area contributed by atoms with Crippen LogP contribution in [-0.2, 0) is 9.59 Å². The summed E-state index contributed by atoms with van der Waals surface area (Å²) in [4.78, 5) is 28.3. The van der Waals surface area contributed by atoms with Crippen LogP contribution in [0.3, 0.4) is 0 Å². The molecule has 0 spiro atoms. The van der Waals surface area contributed by atoms with Gasteiger partial charge in [-0.25, -0.2) is 0 Å². The van der Waals surface area contributed by atoms with Crippen molar-refractivity contribution in [2.24, 2.45) is 11.8 Å². The molecule has 1 heterocycles. The van der Waals surface area contributed by atoms with Gasteiger partial charge in [0, 0.05) is 50.7 Å². The third-order valence-electron chi connectivity index (χ3n) is 5.07. The van der Waals surface area contributed by atoms with Gasteiger partial charge in [0.25, 0.3) is 0 Å². The zero-order valence-corrected chi connectivity index (χ0v) is 14.4. The minimum Gasteiger partial charge on any atom is -0.368 e. The number of benzene rings is 1. The van der Waals surface area contributed by atoms with E-state index < -0.39 is 0 Å². The number of rotatable bonds is 6. The van der Waals surface area contributed by atoms with Crippen molar-refractivity contribution in [1.29, 1.82) is 0 Å². The van der Waals surface area contributed by atoms with Crippen LogP contribution in [0.2, 0.25) is 0 Å². The molecule has 5 heteroatoms. The van der Waals surface area contributed by atoms with Crippen molar-refractivity contribution in [2.45, 2.75) is 26.2 Å². The second-order valence-electron chi connectivity index (χ2n) is 6.92. The zero-order chi connectivity index (χ0) is 16.9. The number of piperazine rings is 1. The molecule has 0 bridgehead atoms. The normalized spacial score (nSPS) is 23.0. The molecule has 2 aliphatic rings. The van der Waals surface area contributed by atoms with Gasteiger partial charge in [-0.3, -0.25) is 9.59 Å². The Hall–Kier alpha value is -2.04. The molecule has 1 aliphatic heterocycles. The zero-order valence-electron chi connectivity index (χ0n) is 14.4. The van der Waals surface area contributed by atoms with E-state index in [1.165, 1.54) is 5.69 Å². The molecule has 1 N–H and O–H groups in total. The van der Waals surface area contributed by atoms with Crippen LogP contribution in [0.25, 0.3) is 0 Å². The Morgan fingerprint density at radius 2 is 1.79 bits per heavy atom. The topological polar surface area (TPSA) is 52.7 Å². The predicted octanol–water partition coefficient (Wildman–Crippen LogP) is 1.89. The van der Waals surface area contributed by atoms with Gasteiger partial charge in [0.05, 0.1) is 0 Å². The molecular formula is C19H27N3O2. The first-order valence-corrected chi connectivity index (χ1v) is 9.00. The number of nitrogens with zero attached hydrogens (tertiary/aromatic N) is 2. The summed E-state index contributed by atoms with van der Waals surface area (Å²) < 4.78 is 0. The molecule has 2 fully saturated rings. The average Bonchev–Trinajstić information content (AvgIpc) is 3.36. The SMILES string of the molecule is C[C@@H]1C[C@@H]1C(=O)NCCCC(=O)N1CCN(c2ccccc2)CC1. The summed E-state index contributed by atoms with van der Waals surface area (Å²) in [7, 11) is 0. The van der Waals surface area contributed by atoms with E-state index in [2.05, 4.69) is 29.3 Å². The lowest BCUT2D eigenvalue weighted by Gasteiger charge is -2.36. The summed E-state index contributed by atoms with van der Waals surface area (Å²) in [5.74, 6) is 1.11. The average molecular weight is 329 g/mol. The molecule has 24 heavy (non-hydrogen) atoms. The predicted molar refractivity (Wildman–Crippen MR) is 94.7 cm³/mol. The first-order chi connectivity index (χ1) is 11.6. The molecule has 0 radical (unpaired) electrons. The van der Waals surface area contributed by atoms with E-state index in [1.807, 2.05) is 23.1 Å². The molecule has 3 rings (SSSR count). The highest BCUT2D eigenvalue weighted by molar-refractivity contribution is 5.81. The second kappa shape index (κ2) is 7.69. The van der Waals surface area contributed by atoms with E-state index in [1.54, 1.807) is 0 Å². The van der Waals surface area contributed by atoms with Crippen LogP contribution in [0.1, 0.15) is 26.2 Å². The quantitative estimate of drug-likeness (QED) is 0.811. The van der Waals surface area contributed by atoms with Gasteiger partial charge in [-0.05, 0) is 30.9 Å². The van der Waals surface area contributed by atoms with Crippen LogP contribution in [0.4, 0.5) is 5.69 Å². The highest BCUT2D eigenvalue weighted by Gasteiger charge is 2.38. The number of carbonyl (C=O) groups excluding carboxylic acids is 2. The Kier molecular flexibility index (Phi) is 5.38. The lowest BCUT2D eigenvalue weighted by atomic mass is 10.2. The maximum Gasteiger partial charge on any atom is 0.223 e. The van der Waals surface area contributed by atoms with Gasteiger partial charge in [0.15, 0.2) is 0 Å². The molecule has 1 saturated heterocycles. The number of carbonyl (C=O) groups is 2. The molecule has 0 unspecified atom stereocenters. The number of amides is 2. The van der Waals surface area contributed by atoms with Crippen molar-refractivity contribution in [1.82, 2.24) is 10.2 Å². The van der Waals surface area contributed by atoms with Crippen LogP contribution >= 0.6 is 0 Å². The van der Waals surface area contributed by atoms with Gasteiger partial charge in [-0.2, -0.15) is 0 Å². The Morgan fingerprint density at radius 3 is 2.42 bits per heavy atom. The number of nitrogens with one attached hydrogen (secondary N) is 1. The van der Waals surface area contributed by atoms with Gasteiger partial charge in [0.1, 0.15) is 0 Å². The lowest BCUT2D eigenvalue weighted by molar-refractivity contribution is -0.131. The van der Waals surface area contributed by atoms with Crippen LogP contribution in [0, 0.1) is 11.8 Å². The van der Waals surface area contributed by atoms with E-state index in [4.69, 9.17) is 0 Å². The standard InChI is InChI=1S/C19H27N3O2/c1-15-14-17(15)19(24)20-9-5-8-18(23)22-12-10-21(11-13-22)16-6-3-2-4-7-16/h2-4,6-7,15,17H,5,8-14H2,1H3,(H,20,24)/t15-,17+/m1/s1. The molecule has 2 amide bonds. The number of anilines is 1. The Morgan fingerprint density at radius 1 is 1.12 bits per heavy atom. The highest BCUT2D eigenvalue weighted by atomic mass is 16.2. The second-order valence-corrected chi connectivity index (χ2v) is 6.92. The minimum atomic E-state index is 0.159. The summed E-state index contributed by atoms with van der Waals surface area (Å²) >= 11 is 0. The van der Waals surface area contributed by atoms with Gasteiger partial charge in [-0.1, -0.05) is 25.1 Å². The van der Waals surface area contributed by atoms with Gasteiger partial charge in [0.2, 0.25) is 11.8 Å². The Balaban J connectivity index is 1.33. The fraction of sp³-hybridized carbons (Fsp3) is 0.579. The largest absolute Gasteiger partial charge is 0.368 e. The maximum absolute atomic E-state index is 12.3. The molecule has 2 atom stereocenters. The van der Waals surface area contributed by atoms with Crippen molar-refractivity contribution in [3.63, 3.8) is 0 Å². The van der Waals surface area contributed by atoms with E-state index in [0.29, 0.717) is 18.9 Å². The number of hydrogen-bond donors (Lipinski definition) is 1. The van der Waals surface area contributed by atoms with Crippen LogP contribution in [0.15, 0.2) is 30.3 Å². The molecule has 5 nitrogen and oxygen atoms in total. The van der Waals surface area contributed by atoms with Crippen molar-refractivity contribution in [2.75, 3.05) is 37.6 Å². The first-order valence-electron chi connectivity index (χ1n) is 9.00. The summed E-state index contributed by atoms with van der Waals surface area (Å²) in [5.41, 5.74) is 1.22. The molecular weight excluding hydrogens is 302 g/mol. The van der Waals surface area contributed by atoms with Crippen LogP contribution in [0.5, 0.6) is 0 Å². The molecule has 130 valence electrons. The molecule has 0 aromatic heterocycles. The van der Waals surface area contributed by atoms with Gasteiger partial charge >= 0.3 is 0 Å². The summed E-state index contributed by atoms with van der Waals surface area (Å²) in [6, 6.07) is 10.3. The van der Waals surface area contributed by atoms with Crippen molar-refractivity contribution >= 4 is 17.5 Å². The van der Waals surface area contributed by atoms with Crippen molar-refractivity contribution in [3.8, 4) is 0 Å². The highest BCUT2D eigenvalue weighted by Crippen LogP contribution is 2.37. The summed E-state index contributed by atoms with van der Waals surface area (Å²) in [6.07, 6.45) is 2.26. The van der Waals surface area contributed by atoms with E-state index in [0.717, 1.165) is 39.0 Å². The van der Waals surface area contributed by atoms with Crippen molar-refractivity contribution in [3.05, 3.63) is 30.3 Å². The monoisotopic (exact) mass is 329 g/mol. The minimum absolute atomic E-state index is 0.159. The van der Waals surface area contributed by atoms with Gasteiger partial charge in [-0.15, -0.1) is 0 Å².